The number of aliphatic hydroxyl groups is 1. The standard InChI is InChI=1S/C19H19N5O2/c1-13(25)11-21-19-23-16-7-2-3-8-17(16)24(19)12-18(26)22-15-6-4-5-14(9-15)10-20/h2-9,13,25H,11-12H2,1H3,(H,21,23)(H,22,26). The van der Waals surface area contributed by atoms with Crippen molar-refractivity contribution < 1.29 is 9.90 Å². The second kappa shape index (κ2) is 7.68. The number of nitrogens with one attached hydrogen (secondary N) is 2. The molecule has 1 atom stereocenters. The summed E-state index contributed by atoms with van der Waals surface area (Å²) in [5.74, 6) is 0.288. The SMILES string of the molecule is CC(O)CNc1nc2ccccc2n1CC(=O)Nc1cccc(C#N)c1. The Balaban J connectivity index is 1.83. The van der Waals surface area contributed by atoms with Gasteiger partial charge in [0.2, 0.25) is 11.9 Å². The Kier molecular flexibility index (Phi) is 5.15. The topological polar surface area (TPSA) is 103 Å². The molecule has 0 aliphatic rings. The van der Waals surface area contributed by atoms with Crippen molar-refractivity contribution in [2.24, 2.45) is 0 Å². The van der Waals surface area contributed by atoms with Gasteiger partial charge in [-0.1, -0.05) is 18.2 Å². The highest BCUT2D eigenvalue weighted by Crippen LogP contribution is 2.20. The highest BCUT2D eigenvalue weighted by atomic mass is 16.3. The van der Waals surface area contributed by atoms with Gasteiger partial charge in [0.05, 0.1) is 28.8 Å². The number of para-hydroxylation sites is 2. The van der Waals surface area contributed by atoms with Crippen LogP contribution in [0.25, 0.3) is 11.0 Å². The van der Waals surface area contributed by atoms with E-state index in [9.17, 15) is 9.90 Å². The molecular formula is C19H19N5O2. The number of imidazole rings is 1. The zero-order valence-electron chi connectivity index (χ0n) is 14.3. The van der Waals surface area contributed by atoms with Gasteiger partial charge in [0.15, 0.2) is 0 Å². The van der Waals surface area contributed by atoms with Crippen LogP contribution >= 0.6 is 0 Å². The minimum Gasteiger partial charge on any atom is -0.392 e. The third-order valence-electron chi connectivity index (χ3n) is 3.79. The van der Waals surface area contributed by atoms with Gasteiger partial charge in [-0.05, 0) is 37.3 Å². The minimum absolute atomic E-state index is 0.0550. The van der Waals surface area contributed by atoms with Crippen molar-refractivity contribution in [3.8, 4) is 6.07 Å². The van der Waals surface area contributed by atoms with Gasteiger partial charge in [0.1, 0.15) is 6.54 Å². The summed E-state index contributed by atoms with van der Waals surface area (Å²) in [6, 6.07) is 16.3. The maximum Gasteiger partial charge on any atom is 0.244 e. The average Bonchev–Trinajstić information content (AvgIpc) is 2.97. The van der Waals surface area contributed by atoms with Crippen LogP contribution in [0.1, 0.15) is 12.5 Å². The number of aromatic nitrogens is 2. The van der Waals surface area contributed by atoms with Crippen LogP contribution in [0.15, 0.2) is 48.5 Å². The van der Waals surface area contributed by atoms with Crippen LogP contribution in [-0.4, -0.2) is 33.2 Å². The van der Waals surface area contributed by atoms with E-state index in [1.54, 1.807) is 35.8 Å². The minimum atomic E-state index is -0.536. The zero-order valence-corrected chi connectivity index (χ0v) is 14.3. The fourth-order valence-electron chi connectivity index (χ4n) is 2.62. The fourth-order valence-corrected chi connectivity index (χ4v) is 2.62. The van der Waals surface area contributed by atoms with E-state index < -0.39 is 6.10 Å². The number of nitrogens with zero attached hydrogens (tertiary/aromatic N) is 3. The van der Waals surface area contributed by atoms with Crippen molar-refractivity contribution >= 4 is 28.6 Å². The predicted molar refractivity (Wildman–Crippen MR) is 99.7 cm³/mol. The summed E-state index contributed by atoms with van der Waals surface area (Å²) < 4.78 is 1.77. The Morgan fingerprint density at radius 1 is 1.31 bits per heavy atom. The van der Waals surface area contributed by atoms with Crippen molar-refractivity contribution in [2.75, 3.05) is 17.2 Å². The first-order chi connectivity index (χ1) is 12.6. The predicted octanol–water partition coefficient (Wildman–Crippen LogP) is 2.34. The molecule has 3 aromatic rings. The van der Waals surface area contributed by atoms with E-state index in [0.717, 1.165) is 11.0 Å². The van der Waals surface area contributed by atoms with E-state index in [1.165, 1.54) is 0 Å². The van der Waals surface area contributed by atoms with Crippen LogP contribution in [0.2, 0.25) is 0 Å². The van der Waals surface area contributed by atoms with E-state index in [1.807, 2.05) is 30.3 Å². The molecule has 0 aliphatic carbocycles. The summed E-state index contributed by atoms with van der Waals surface area (Å²) in [6.45, 7) is 2.06. The van der Waals surface area contributed by atoms with E-state index >= 15 is 0 Å². The molecule has 0 bridgehead atoms. The van der Waals surface area contributed by atoms with Crippen molar-refractivity contribution in [2.45, 2.75) is 19.6 Å². The Hall–Kier alpha value is -3.37. The monoisotopic (exact) mass is 349 g/mol. The number of hydrogen-bond donors (Lipinski definition) is 3. The molecule has 1 amide bonds. The molecule has 7 nitrogen and oxygen atoms in total. The fraction of sp³-hybridized carbons (Fsp3) is 0.211. The number of nitriles is 1. The maximum atomic E-state index is 12.5. The summed E-state index contributed by atoms with van der Waals surface area (Å²) in [5, 5.41) is 24.3. The van der Waals surface area contributed by atoms with E-state index in [2.05, 4.69) is 15.6 Å². The molecule has 0 spiro atoms. The molecule has 132 valence electrons. The van der Waals surface area contributed by atoms with E-state index in [-0.39, 0.29) is 12.5 Å². The number of carbonyl (C=O) groups is 1. The lowest BCUT2D eigenvalue weighted by Crippen LogP contribution is -2.22. The van der Waals surface area contributed by atoms with Crippen LogP contribution in [0, 0.1) is 11.3 Å². The van der Waals surface area contributed by atoms with Gasteiger partial charge in [-0.2, -0.15) is 5.26 Å². The highest BCUT2D eigenvalue weighted by molar-refractivity contribution is 5.92. The van der Waals surface area contributed by atoms with Crippen molar-refractivity contribution in [3.05, 3.63) is 54.1 Å². The number of benzene rings is 2. The number of hydrogen-bond acceptors (Lipinski definition) is 5. The number of aliphatic hydroxyl groups excluding tert-OH is 1. The molecule has 26 heavy (non-hydrogen) atoms. The number of fused-ring (bicyclic) bond motifs is 1. The quantitative estimate of drug-likeness (QED) is 0.634. The third-order valence-corrected chi connectivity index (χ3v) is 3.79. The van der Waals surface area contributed by atoms with Crippen LogP contribution in [0.3, 0.4) is 0 Å². The van der Waals surface area contributed by atoms with Gasteiger partial charge in [0.25, 0.3) is 0 Å². The van der Waals surface area contributed by atoms with Gasteiger partial charge in [0, 0.05) is 12.2 Å². The van der Waals surface area contributed by atoms with Gasteiger partial charge in [-0.3, -0.25) is 4.79 Å². The first-order valence-electron chi connectivity index (χ1n) is 8.24. The zero-order chi connectivity index (χ0) is 18.5. The number of carbonyl (C=O) groups excluding carboxylic acids is 1. The Labute approximate surface area is 150 Å². The van der Waals surface area contributed by atoms with Crippen molar-refractivity contribution in [1.29, 1.82) is 5.26 Å². The lowest BCUT2D eigenvalue weighted by Gasteiger charge is -2.12. The molecule has 1 heterocycles. The van der Waals surface area contributed by atoms with Crippen LogP contribution < -0.4 is 10.6 Å². The van der Waals surface area contributed by atoms with Gasteiger partial charge >= 0.3 is 0 Å². The summed E-state index contributed by atoms with van der Waals surface area (Å²) in [5.41, 5.74) is 2.63. The van der Waals surface area contributed by atoms with Gasteiger partial charge in [-0.25, -0.2) is 4.98 Å². The summed E-state index contributed by atoms with van der Waals surface area (Å²) in [7, 11) is 0. The second-order valence-electron chi connectivity index (χ2n) is 5.98. The smallest absolute Gasteiger partial charge is 0.244 e. The van der Waals surface area contributed by atoms with Crippen LogP contribution in [0.4, 0.5) is 11.6 Å². The normalized spacial score (nSPS) is 11.7. The molecule has 1 aromatic heterocycles. The van der Waals surface area contributed by atoms with Crippen LogP contribution in [-0.2, 0) is 11.3 Å². The molecule has 7 heteroatoms. The molecule has 0 aliphatic heterocycles. The molecule has 2 aromatic carbocycles. The maximum absolute atomic E-state index is 12.5. The number of amides is 1. The average molecular weight is 349 g/mol. The highest BCUT2D eigenvalue weighted by Gasteiger charge is 2.14. The Morgan fingerprint density at radius 2 is 2.12 bits per heavy atom. The second-order valence-corrected chi connectivity index (χ2v) is 5.98. The summed E-state index contributed by atoms with van der Waals surface area (Å²) in [6.07, 6.45) is -0.536. The van der Waals surface area contributed by atoms with Crippen LogP contribution in [0.5, 0.6) is 0 Å². The molecule has 0 radical (unpaired) electrons. The Bertz CT molecular complexity index is 971. The van der Waals surface area contributed by atoms with Crippen molar-refractivity contribution in [3.63, 3.8) is 0 Å². The van der Waals surface area contributed by atoms with E-state index in [4.69, 9.17) is 5.26 Å². The molecule has 3 N–H and O–H groups in total. The molecule has 1 unspecified atom stereocenters. The lowest BCUT2D eigenvalue weighted by atomic mass is 10.2. The number of rotatable bonds is 6. The molecular weight excluding hydrogens is 330 g/mol. The third kappa shape index (κ3) is 3.99. The van der Waals surface area contributed by atoms with Gasteiger partial charge in [-0.15, -0.1) is 0 Å². The van der Waals surface area contributed by atoms with E-state index in [0.29, 0.717) is 23.7 Å². The largest absolute Gasteiger partial charge is 0.392 e. The summed E-state index contributed by atoms with van der Waals surface area (Å²) in [4.78, 5) is 17.0. The number of anilines is 2. The molecule has 0 saturated heterocycles. The molecule has 3 rings (SSSR count). The molecule has 0 fully saturated rings. The lowest BCUT2D eigenvalue weighted by molar-refractivity contribution is -0.116. The van der Waals surface area contributed by atoms with Gasteiger partial charge < -0.3 is 20.3 Å². The summed E-state index contributed by atoms with van der Waals surface area (Å²) >= 11 is 0. The first-order valence-corrected chi connectivity index (χ1v) is 8.24. The molecule has 0 saturated carbocycles. The Morgan fingerprint density at radius 3 is 2.88 bits per heavy atom. The first kappa shape index (κ1) is 17.5. The van der Waals surface area contributed by atoms with Crippen molar-refractivity contribution in [1.82, 2.24) is 9.55 Å².